The van der Waals surface area contributed by atoms with Crippen LogP contribution in [-0.2, 0) is 4.74 Å². The van der Waals surface area contributed by atoms with Gasteiger partial charge in [0.15, 0.2) is 5.82 Å². The second kappa shape index (κ2) is 8.44. The van der Waals surface area contributed by atoms with Gasteiger partial charge in [-0.05, 0) is 45.0 Å². The predicted molar refractivity (Wildman–Crippen MR) is 111 cm³/mol. The van der Waals surface area contributed by atoms with Crippen molar-refractivity contribution in [3.8, 4) is 5.75 Å². The van der Waals surface area contributed by atoms with Crippen molar-refractivity contribution in [2.45, 2.75) is 39.4 Å². The van der Waals surface area contributed by atoms with Crippen LogP contribution < -0.4 is 10.1 Å². The summed E-state index contributed by atoms with van der Waals surface area (Å²) in [5, 5.41) is 11.6. The first-order valence-corrected chi connectivity index (χ1v) is 9.73. The van der Waals surface area contributed by atoms with E-state index >= 15 is 0 Å². The number of hydrogen-bond donors (Lipinski definition) is 2. The molecule has 0 spiro atoms. The standard InChI is InChI=1S/C21H25F2N5O3/c1-20(2,3)31-19(29)28-11-13(12-28)16(24)17-18(26-10-9-25-17)27-14-5-7-15(8-6-14)30-21(4,22)23/h5-10,13,24H,11-12H2,1-4H3,(H,26,27). The molecule has 1 aromatic heterocycles. The number of anilines is 2. The summed E-state index contributed by atoms with van der Waals surface area (Å²) in [4.78, 5) is 22.2. The highest BCUT2D eigenvalue weighted by atomic mass is 19.3. The highest BCUT2D eigenvalue weighted by Crippen LogP contribution is 2.27. The third-order valence-corrected chi connectivity index (χ3v) is 4.31. The van der Waals surface area contributed by atoms with Crippen molar-refractivity contribution in [2.24, 2.45) is 5.92 Å². The van der Waals surface area contributed by atoms with E-state index in [2.05, 4.69) is 20.0 Å². The van der Waals surface area contributed by atoms with Crippen LogP contribution in [0.1, 0.15) is 33.4 Å². The molecular weight excluding hydrogens is 408 g/mol. The van der Waals surface area contributed by atoms with Gasteiger partial charge >= 0.3 is 12.2 Å². The second-order valence-corrected chi connectivity index (χ2v) is 8.31. The summed E-state index contributed by atoms with van der Waals surface area (Å²) < 4.78 is 35.8. The zero-order valence-electron chi connectivity index (χ0n) is 17.8. The van der Waals surface area contributed by atoms with Crippen LogP contribution in [0, 0.1) is 11.3 Å². The molecule has 1 aliphatic heterocycles. The number of likely N-dealkylation sites (tertiary alicyclic amines) is 1. The molecule has 0 bridgehead atoms. The lowest BCUT2D eigenvalue weighted by Gasteiger charge is -2.39. The van der Waals surface area contributed by atoms with Crippen LogP contribution in [0.3, 0.4) is 0 Å². The largest absolute Gasteiger partial charge is 0.444 e. The Labute approximate surface area is 179 Å². The molecule has 0 aliphatic carbocycles. The number of nitrogens with one attached hydrogen (secondary N) is 2. The van der Waals surface area contributed by atoms with Gasteiger partial charge in [0.1, 0.15) is 17.0 Å². The number of hydrogen-bond acceptors (Lipinski definition) is 7. The number of alkyl halides is 2. The molecule has 1 aliphatic rings. The maximum absolute atomic E-state index is 13.0. The summed E-state index contributed by atoms with van der Waals surface area (Å²) in [7, 11) is 0. The minimum absolute atomic E-state index is 0.0295. The fourth-order valence-electron chi connectivity index (χ4n) is 2.91. The Morgan fingerprint density at radius 2 is 1.74 bits per heavy atom. The van der Waals surface area contributed by atoms with Crippen LogP contribution >= 0.6 is 0 Å². The molecule has 1 aromatic carbocycles. The van der Waals surface area contributed by atoms with Gasteiger partial charge in [-0.1, -0.05) is 0 Å². The highest BCUT2D eigenvalue weighted by Gasteiger charge is 2.37. The number of rotatable bonds is 6. The van der Waals surface area contributed by atoms with Crippen molar-refractivity contribution in [2.75, 3.05) is 18.4 Å². The smallest absolute Gasteiger partial charge is 0.410 e. The summed E-state index contributed by atoms with van der Waals surface area (Å²) in [6.07, 6.45) is -0.700. The van der Waals surface area contributed by atoms with E-state index in [0.717, 1.165) is 0 Å². The SMILES string of the molecule is CC(C)(C)OC(=O)N1CC(C(=N)c2nccnc2Nc2ccc(OC(C)(F)F)cc2)C1. The Kier molecular flexibility index (Phi) is 6.10. The molecular formula is C21H25F2N5O3. The maximum atomic E-state index is 13.0. The van der Waals surface area contributed by atoms with E-state index in [-0.39, 0.29) is 17.4 Å². The second-order valence-electron chi connectivity index (χ2n) is 8.31. The topological polar surface area (TPSA) is 100 Å². The summed E-state index contributed by atoms with van der Waals surface area (Å²) in [6, 6.07) is 5.95. The molecule has 0 radical (unpaired) electrons. The van der Waals surface area contributed by atoms with E-state index in [1.54, 1.807) is 32.9 Å². The highest BCUT2D eigenvalue weighted by molar-refractivity contribution is 6.03. The Balaban J connectivity index is 1.64. The van der Waals surface area contributed by atoms with E-state index in [4.69, 9.17) is 10.1 Å². The van der Waals surface area contributed by atoms with Crippen molar-refractivity contribution in [1.29, 1.82) is 5.41 Å². The van der Waals surface area contributed by atoms with Gasteiger partial charge in [0.05, 0.1) is 5.71 Å². The minimum atomic E-state index is -3.27. The van der Waals surface area contributed by atoms with Crippen LogP contribution in [0.15, 0.2) is 36.7 Å². The molecule has 2 N–H and O–H groups in total. The van der Waals surface area contributed by atoms with Crippen LogP contribution in [0.25, 0.3) is 0 Å². The molecule has 0 atom stereocenters. The number of carbonyl (C=O) groups excluding carboxylic acids is 1. The zero-order chi connectivity index (χ0) is 22.8. The predicted octanol–water partition coefficient (Wildman–Crippen LogP) is 4.45. The first-order valence-electron chi connectivity index (χ1n) is 9.73. The molecule has 2 heterocycles. The number of aromatic nitrogens is 2. The summed E-state index contributed by atoms with van der Waals surface area (Å²) in [5.74, 6) is 0.201. The van der Waals surface area contributed by atoms with Crippen molar-refractivity contribution >= 4 is 23.3 Å². The minimum Gasteiger partial charge on any atom is -0.444 e. The summed E-state index contributed by atoms with van der Waals surface area (Å²) in [6.45, 7) is 6.79. The van der Waals surface area contributed by atoms with Gasteiger partial charge in [-0.25, -0.2) is 14.8 Å². The molecule has 10 heteroatoms. The van der Waals surface area contributed by atoms with E-state index in [9.17, 15) is 13.6 Å². The number of benzene rings is 1. The lowest BCUT2D eigenvalue weighted by molar-refractivity contribution is -0.158. The number of halogens is 2. The molecule has 0 unspecified atom stereocenters. The maximum Gasteiger partial charge on any atom is 0.410 e. The molecule has 3 rings (SSSR count). The van der Waals surface area contributed by atoms with Gasteiger partial charge in [0.25, 0.3) is 0 Å². The van der Waals surface area contributed by atoms with Crippen molar-refractivity contribution in [3.05, 3.63) is 42.4 Å². The monoisotopic (exact) mass is 433 g/mol. The Bertz CT molecular complexity index is 949. The third kappa shape index (κ3) is 6.09. The molecule has 8 nitrogen and oxygen atoms in total. The summed E-state index contributed by atoms with van der Waals surface area (Å²) >= 11 is 0. The molecule has 1 saturated heterocycles. The van der Waals surface area contributed by atoms with Crippen LogP contribution in [-0.4, -0.2) is 51.5 Å². The Hall–Kier alpha value is -3.30. The van der Waals surface area contributed by atoms with Crippen molar-refractivity contribution in [3.63, 3.8) is 0 Å². The van der Waals surface area contributed by atoms with E-state index in [1.165, 1.54) is 29.4 Å². The number of amides is 1. The van der Waals surface area contributed by atoms with Crippen LogP contribution in [0.5, 0.6) is 5.75 Å². The zero-order valence-corrected chi connectivity index (χ0v) is 17.8. The van der Waals surface area contributed by atoms with Gasteiger partial charge in [-0.2, -0.15) is 8.78 Å². The fourth-order valence-corrected chi connectivity index (χ4v) is 2.91. The van der Waals surface area contributed by atoms with E-state index in [0.29, 0.717) is 37.2 Å². The Morgan fingerprint density at radius 3 is 2.32 bits per heavy atom. The molecule has 1 amide bonds. The lowest BCUT2D eigenvalue weighted by Crippen LogP contribution is -2.54. The van der Waals surface area contributed by atoms with Gasteiger partial charge in [-0.15, -0.1) is 0 Å². The molecule has 0 saturated carbocycles. The molecule has 2 aromatic rings. The normalized spacial score (nSPS) is 14.6. The van der Waals surface area contributed by atoms with Gasteiger partial charge in [0, 0.05) is 44.0 Å². The molecule has 1 fully saturated rings. The average molecular weight is 433 g/mol. The van der Waals surface area contributed by atoms with Gasteiger partial charge in [0.2, 0.25) is 0 Å². The third-order valence-electron chi connectivity index (χ3n) is 4.31. The van der Waals surface area contributed by atoms with Gasteiger partial charge in [-0.3, -0.25) is 0 Å². The first-order chi connectivity index (χ1) is 14.4. The van der Waals surface area contributed by atoms with Crippen molar-refractivity contribution < 1.29 is 23.0 Å². The van der Waals surface area contributed by atoms with E-state index in [1.807, 2.05) is 0 Å². The van der Waals surface area contributed by atoms with E-state index < -0.39 is 17.8 Å². The quantitative estimate of drug-likeness (QED) is 0.653. The number of nitrogens with zero attached hydrogens (tertiary/aromatic N) is 3. The van der Waals surface area contributed by atoms with Crippen LogP contribution in [0.2, 0.25) is 0 Å². The van der Waals surface area contributed by atoms with Crippen LogP contribution in [0.4, 0.5) is 25.1 Å². The number of ether oxygens (including phenoxy) is 2. The average Bonchev–Trinajstić information content (AvgIpc) is 2.59. The van der Waals surface area contributed by atoms with Crippen molar-refractivity contribution in [1.82, 2.24) is 14.9 Å². The molecule has 31 heavy (non-hydrogen) atoms. The lowest BCUT2D eigenvalue weighted by atomic mass is 9.92. The Morgan fingerprint density at radius 1 is 1.13 bits per heavy atom. The van der Waals surface area contributed by atoms with Gasteiger partial charge < -0.3 is 25.1 Å². The summed E-state index contributed by atoms with van der Waals surface area (Å²) in [5.41, 5.74) is 0.605. The molecule has 166 valence electrons. The first kappa shape index (κ1) is 22.4. The number of carbonyl (C=O) groups is 1. The fraction of sp³-hybridized carbons (Fsp3) is 0.429.